The Balaban J connectivity index is 2.62. The van der Waals surface area contributed by atoms with Gasteiger partial charge in [-0.3, -0.25) is 0 Å². The van der Waals surface area contributed by atoms with Gasteiger partial charge in [-0.25, -0.2) is 4.68 Å². The van der Waals surface area contributed by atoms with Gasteiger partial charge in [0.2, 0.25) is 0 Å². The first kappa shape index (κ1) is 10.2. The highest BCUT2D eigenvalue weighted by atomic mass is 15.4. The fraction of sp³-hybridized carbons (Fsp3) is 0.778. The average molecular weight is 182 g/mol. The third kappa shape index (κ3) is 2.52. The molecule has 0 aliphatic heterocycles. The number of aryl methyl sites for hydroxylation is 1. The largest absolute Gasteiger partial charge is 0.325 e. The van der Waals surface area contributed by atoms with Crippen LogP contribution < -0.4 is 5.73 Å². The molecule has 13 heavy (non-hydrogen) atoms. The molecule has 0 unspecified atom stereocenters. The Bertz CT molecular complexity index is 265. The predicted octanol–water partition coefficient (Wildman–Crippen LogP) is 1.09. The van der Waals surface area contributed by atoms with Crippen molar-refractivity contribution in [1.29, 1.82) is 0 Å². The van der Waals surface area contributed by atoms with Crippen molar-refractivity contribution in [2.45, 2.75) is 40.3 Å². The van der Waals surface area contributed by atoms with E-state index in [1.165, 1.54) is 0 Å². The number of nitrogens with two attached hydrogens (primary N) is 1. The molecule has 0 fully saturated rings. The van der Waals surface area contributed by atoms with E-state index in [1.54, 1.807) is 0 Å². The molecule has 0 aromatic carbocycles. The molecule has 0 atom stereocenters. The molecule has 1 aromatic heterocycles. The van der Waals surface area contributed by atoms with E-state index >= 15 is 0 Å². The Labute approximate surface area is 79.1 Å². The van der Waals surface area contributed by atoms with Crippen LogP contribution in [0.2, 0.25) is 0 Å². The predicted molar refractivity (Wildman–Crippen MR) is 52.1 cm³/mol. The molecule has 1 heterocycles. The van der Waals surface area contributed by atoms with Crippen LogP contribution in [-0.2, 0) is 13.1 Å². The quantitative estimate of drug-likeness (QED) is 0.758. The van der Waals surface area contributed by atoms with Crippen LogP contribution in [0, 0.1) is 12.8 Å². The molecular weight excluding hydrogens is 164 g/mol. The zero-order valence-electron chi connectivity index (χ0n) is 8.62. The van der Waals surface area contributed by atoms with Gasteiger partial charge in [-0.1, -0.05) is 19.1 Å². The van der Waals surface area contributed by atoms with E-state index < -0.39 is 0 Å². The second-order valence-electron chi connectivity index (χ2n) is 3.73. The van der Waals surface area contributed by atoms with Crippen LogP contribution >= 0.6 is 0 Å². The van der Waals surface area contributed by atoms with Gasteiger partial charge in [0.1, 0.15) is 0 Å². The number of nitrogens with zero attached hydrogens (tertiary/aromatic N) is 3. The zero-order valence-corrected chi connectivity index (χ0v) is 8.62. The molecule has 0 aliphatic carbocycles. The van der Waals surface area contributed by atoms with Crippen molar-refractivity contribution in [1.82, 2.24) is 15.0 Å². The summed E-state index contributed by atoms with van der Waals surface area (Å²) in [6, 6.07) is 0. The number of aromatic nitrogens is 3. The van der Waals surface area contributed by atoms with E-state index in [2.05, 4.69) is 24.2 Å². The summed E-state index contributed by atoms with van der Waals surface area (Å²) in [4.78, 5) is 0. The molecule has 1 aromatic rings. The monoisotopic (exact) mass is 182 g/mol. The summed E-state index contributed by atoms with van der Waals surface area (Å²) < 4.78 is 1.93. The fourth-order valence-corrected chi connectivity index (χ4v) is 1.18. The summed E-state index contributed by atoms with van der Waals surface area (Å²) in [5, 5.41) is 8.05. The Kier molecular flexibility index (Phi) is 3.42. The van der Waals surface area contributed by atoms with Crippen molar-refractivity contribution in [3.05, 3.63) is 11.4 Å². The van der Waals surface area contributed by atoms with Crippen molar-refractivity contribution >= 4 is 0 Å². The van der Waals surface area contributed by atoms with E-state index in [0.717, 1.165) is 24.4 Å². The van der Waals surface area contributed by atoms with Gasteiger partial charge in [0.25, 0.3) is 0 Å². The van der Waals surface area contributed by atoms with Crippen molar-refractivity contribution in [2.75, 3.05) is 0 Å². The first-order valence-electron chi connectivity index (χ1n) is 4.74. The van der Waals surface area contributed by atoms with Gasteiger partial charge >= 0.3 is 0 Å². The Hall–Kier alpha value is -0.900. The third-order valence-corrected chi connectivity index (χ3v) is 2.19. The van der Waals surface area contributed by atoms with Crippen LogP contribution in [-0.4, -0.2) is 15.0 Å². The Morgan fingerprint density at radius 1 is 1.46 bits per heavy atom. The molecule has 0 aliphatic rings. The number of hydrogen-bond donors (Lipinski definition) is 1. The molecule has 0 spiro atoms. The van der Waals surface area contributed by atoms with Gasteiger partial charge in [0.15, 0.2) is 0 Å². The second kappa shape index (κ2) is 4.37. The van der Waals surface area contributed by atoms with Crippen molar-refractivity contribution in [3.63, 3.8) is 0 Å². The average Bonchev–Trinajstić information content (AvgIpc) is 2.43. The highest BCUT2D eigenvalue weighted by Gasteiger charge is 2.06. The van der Waals surface area contributed by atoms with E-state index in [-0.39, 0.29) is 0 Å². The Morgan fingerprint density at radius 3 is 2.62 bits per heavy atom. The molecule has 74 valence electrons. The van der Waals surface area contributed by atoms with E-state index in [9.17, 15) is 0 Å². The standard InChI is InChI=1S/C9H18N4/c1-7(2)4-5-13-8(3)9(6-10)11-12-13/h7H,4-6,10H2,1-3H3. The van der Waals surface area contributed by atoms with Gasteiger partial charge in [-0.05, 0) is 19.3 Å². The van der Waals surface area contributed by atoms with E-state index in [1.807, 2.05) is 11.6 Å². The number of rotatable bonds is 4. The van der Waals surface area contributed by atoms with Crippen LogP contribution in [0.5, 0.6) is 0 Å². The van der Waals surface area contributed by atoms with Crippen molar-refractivity contribution in [3.8, 4) is 0 Å². The van der Waals surface area contributed by atoms with Crippen LogP contribution in [0.25, 0.3) is 0 Å². The molecular formula is C9H18N4. The summed E-state index contributed by atoms with van der Waals surface area (Å²) in [5.74, 6) is 0.699. The first-order valence-corrected chi connectivity index (χ1v) is 4.74. The van der Waals surface area contributed by atoms with Crippen LogP contribution in [0.3, 0.4) is 0 Å². The van der Waals surface area contributed by atoms with Gasteiger partial charge in [-0.15, -0.1) is 5.10 Å². The summed E-state index contributed by atoms with van der Waals surface area (Å²) in [5.41, 5.74) is 7.51. The molecule has 1 rings (SSSR count). The summed E-state index contributed by atoms with van der Waals surface area (Å²) >= 11 is 0. The van der Waals surface area contributed by atoms with Gasteiger partial charge in [0, 0.05) is 13.1 Å². The molecule has 0 bridgehead atoms. The summed E-state index contributed by atoms with van der Waals surface area (Å²) in [7, 11) is 0. The normalized spacial score (nSPS) is 11.2. The molecule has 4 heteroatoms. The first-order chi connectivity index (χ1) is 6.15. The minimum Gasteiger partial charge on any atom is -0.325 e. The summed E-state index contributed by atoms with van der Waals surface area (Å²) in [6.07, 6.45) is 1.13. The molecule has 0 radical (unpaired) electrons. The summed E-state index contributed by atoms with van der Waals surface area (Å²) in [6.45, 7) is 7.85. The Morgan fingerprint density at radius 2 is 2.15 bits per heavy atom. The lowest BCUT2D eigenvalue weighted by molar-refractivity contribution is 0.472. The van der Waals surface area contributed by atoms with Gasteiger partial charge in [0.05, 0.1) is 11.4 Å². The minimum atomic E-state index is 0.480. The van der Waals surface area contributed by atoms with E-state index in [0.29, 0.717) is 12.5 Å². The highest BCUT2D eigenvalue weighted by molar-refractivity contribution is 5.06. The molecule has 0 saturated heterocycles. The zero-order chi connectivity index (χ0) is 9.84. The maximum atomic E-state index is 5.50. The lowest BCUT2D eigenvalue weighted by Gasteiger charge is -2.05. The topological polar surface area (TPSA) is 56.7 Å². The van der Waals surface area contributed by atoms with Gasteiger partial charge < -0.3 is 5.73 Å². The van der Waals surface area contributed by atoms with Crippen molar-refractivity contribution in [2.24, 2.45) is 11.7 Å². The van der Waals surface area contributed by atoms with E-state index in [4.69, 9.17) is 5.73 Å². The van der Waals surface area contributed by atoms with Crippen LogP contribution in [0.4, 0.5) is 0 Å². The maximum Gasteiger partial charge on any atom is 0.0991 e. The molecule has 0 saturated carbocycles. The third-order valence-electron chi connectivity index (χ3n) is 2.19. The van der Waals surface area contributed by atoms with Gasteiger partial charge in [-0.2, -0.15) is 0 Å². The molecule has 0 amide bonds. The smallest absolute Gasteiger partial charge is 0.0991 e. The van der Waals surface area contributed by atoms with Crippen LogP contribution in [0.1, 0.15) is 31.7 Å². The van der Waals surface area contributed by atoms with Crippen molar-refractivity contribution < 1.29 is 0 Å². The highest BCUT2D eigenvalue weighted by Crippen LogP contribution is 2.06. The lowest BCUT2D eigenvalue weighted by Crippen LogP contribution is -2.06. The lowest BCUT2D eigenvalue weighted by atomic mass is 10.1. The second-order valence-corrected chi connectivity index (χ2v) is 3.73. The SMILES string of the molecule is Cc1c(CN)nnn1CCC(C)C. The number of hydrogen-bond acceptors (Lipinski definition) is 3. The molecule has 2 N–H and O–H groups in total. The maximum absolute atomic E-state index is 5.50. The van der Waals surface area contributed by atoms with Crippen LogP contribution in [0.15, 0.2) is 0 Å². The fourth-order valence-electron chi connectivity index (χ4n) is 1.18. The molecule has 4 nitrogen and oxygen atoms in total. The minimum absolute atomic E-state index is 0.480.